The summed E-state index contributed by atoms with van der Waals surface area (Å²) in [6, 6.07) is 16.2. The van der Waals surface area contributed by atoms with Gasteiger partial charge in [0, 0.05) is 17.3 Å². The molecule has 3 aromatic rings. The molecule has 0 saturated heterocycles. The number of hydrogen-bond acceptors (Lipinski definition) is 5. The second-order valence-corrected chi connectivity index (χ2v) is 7.40. The van der Waals surface area contributed by atoms with Crippen LogP contribution in [-0.4, -0.2) is 28.9 Å². The van der Waals surface area contributed by atoms with Gasteiger partial charge in [0.15, 0.2) is 11.5 Å². The first-order chi connectivity index (χ1) is 14.5. The highest BCUT2D eigenvalue weighted by atomic mass is 16.6. The van der Waals surface area contributed by atoms with Crippen LogP contribution in [0.2, 0.25) is 0 Å². The maximum atomic E-state index is 12.4. The predicted octanol–water partition coefficient (Wildman–Crippen LogP) is 3.44. The lowest BCUT2D eigenvalue weighted by Gasteiger charge is -2.18. The first kappa shape index (κ1) is 19.7. The number of ether oxygens (including phenoxy) is 2. The first-order valence-corrected chi connectivity index (χ1v) is 9.87. The van der Waals surface area contributed by atoms with E-state index in [1.807, 2.05) is 42.5 Å². The zero-order chi connectivity index (χ0) is 21.1. The quantitative estimate of drug-likeness (QED) is 0.703. The average molecular weight is 405 g/mol. The van der Waals surface area contributed by atoms with Gasteiger partial charge in [0.1, 0.15) is 19.8 Å². The van der Waals surface area contributed by atoms with E-state index >= 15 is 0 Å². The standard InChI is InChI=1S/C23H23N3O4/c1-15(2)16-3-6-18(7-4-16)24-22(27)14-26-23(28)10-8-19(25-26)17-5-9-20-21(13-17)30-12-11-29-20/h3-10,13,15H,11-12,14H2,1-2H3,(H,24,27). The third-order valence-corrected chi connectivity index (χ3v) is 4.86. The van der Waals surface area contributed by atoms with Crippen LogP contribution in [0, 0.1) is 0 Å². The van der Waals surface area contributed by atoms with E-state index in [0.29, 0.717) is 42.0 Å². The van der Waals surface area contributed by atoms with Crippen molar-refractivity contribution in [1.29, 1.82) is 0 Å². The Morgan fingerprint density at radius 1 is 1.03 bits per heavy atom. The van der Waals surface area contributed by atoms with Crippen molar-refractivity contribution >= 4 is 11.6 Å². The Labute approximate surface area is 174 Å². The molecule has 0 atom stereocenters. The molecule has 7 nitrogen and oxygen atoms in total. The minimum Gasteiger partial charge on any atom is -0.486 e. The van der Waals surface area contributed by atoms with Crippen LogP contribution in [0.3, 0.4) is 0 Å². The van der Waals surface area contributed by atoms with Gasteiger partial charge in [0.25, 0.3) is 5.56 Å². The fourth-order valence-corrected chi connectivity index (χ4v) is 3.21. The summed E-state index contributed by atoms with van der Waals surface area (Å²) < 4.78 is 12.3. The number of nitrogens with one attached hydrogen (secondary N) is 1. The zero-order valence-electron chi connectivity index (χ0n) is 16.9. The number of hydrogen-bond donors (Lipinski definition) is 1. The van der Waals surface area contributed by atoms with E-state index in [9.17, 15) is 9.59 Å². The minimum absolute atomic E-state index is 0.177. The van der Waals surface area contributed by atoms with Crippen molar-refractivity contribution < 1.29 is 14.3 Å². The molecule has 30 heavy (non-hydrogen) atoms. The van der Waals surface area contributed by atoms with Gasteiger partial charge in [-0.3, -0.25) is 9.59 Å². The fraction of sp³-hybridized carbons (Fsp3) is 0.261. The van der Waals surface area contributed by atoms with Gasteiger partial charge in [-0.1, -0.05) is 26.0 Å². The summed E-state index contributed by atoms with van der Waals surface area (Å²) in [6.07, 6.45) is 0. The Balaban J connectivity index is 1.50. The Morgan fingerprint density at radius 2 is 1.77 bits per heavy atom. The van der Waals surface area contributed by atoms with Crippen LogP contribution in [0.5, 0.6) is 11.5 Å². The monoisotopic (exact) mass is 405 g/mol. The number of carbonyl (C=O) groups is 1. The molecule has 0 spiro atoms. The molecule has 0 bridgehead atoms. The van der Waals surface area contributed by atoms with Gasteiger partial charge >= 0.3 is 0 Å². The molecular weight excluding hydrogens is 382 g/mol. The summed E-state index contributed by atoms with van der Waals surface area (Å²) in [5.74, 6) is 1.42. The number of amides is 1. The number of anilines is 1. The smallest absolute Gasteiger partial charge is 0.267 e. The molecule has 2 aromatic carbocycles. The normalized spacial score (nSPS) is 12.6. The molecule has 154 valence electrons. The van der Waals surface area contributed by atoms with Crippen LogP contribution in [0.1, 0.15) is 25.3 Å². The number of carbonyl (C=O) groups excluding carboxylic acids is 1. The van der Waals surface area contributed by atoms with Crippen LogP contribution in [0.15, 0.2) is 59.4 Å². The lowest BCUT2D eigenvalue weighted by atomic mass is 10.0. The van der Waals surface area contributed by atoms with Crippen molar-refractivity contribution in [2.24, 2.45) is 0 Å². The number of benzene rings is 2. The van der Waals surface area contributed by atoms with Crippen molar-refractivity contribution in [1.82, 2.24) is 9.78 Å². The van der Waals surface area contributed by atoms with Crippen molar-refractivity contribution in [2.45, 2.75) is 26.3 Å². The van der Waals surface area contributed by atoms with E-state index in [1.54, 1.807) is 6.07 Å². The van der Waals surface area contributed by atoms with Crippen LogP contribution >= 0.6 is 0 Å². The molecule has 1 amide bonds. The zero-order valence-corrected chi connectivity index (χ0v) is 16.9. The van der Waals surface area contributed by atoms with Gasteiger partial charge in [-0.2, -0.15) is 5.10 Å². The molecule has 0 saturated carbocycles. The molecule has 7 heteroatoms. The largest absolute Gasteiger partial charge is 0.486 e. The molecule has 0 aliphatic carbocycles. The molecule has 4 rings (SSSR count). The van der Waals surface area contributed by atoms with Gasteiger partial charge in [-0.05, 0) is 47.9 Å². The molecule has 1 aliphatic heterocycles. The van der Waals surface area contributed by atoms with Crippen molar-refractivity contribution in [2.75, 3.05) is 18.5 Å². The highest BCUT2D eigenvalue weighted by Crippen LogP contribution is 2.33. The Kier molecular flexibility index (Phi) is 5.52. The average Bonchev–Trinajstić information content (AvgIpc) is 2.75. The summed E-state index contributed by atoms with van der Waals surface area (Å²) in [4.78, 5) is 24.7. The Hall–Kier alpha value is -3.61. The molecule has 0 radical (unpaired) electrons. The van der Waals surface area contributed by atoms with Crippen molar-refractivity contribution in [3.63, 3.8) is 0 Å². The van der Waals surface area contributed by atoms with Gasteiger partial charge in [-0.25, -0.2) is 4.68 Å². The van der Waals surface area contributed by atoms with Gasteiger partial charge < -0.3 is 14.8 Å². The molecule has 0 fully saturated rings. The summed E-state index contributed by atoms with van der Waals surface area (Å²) in [6.45, 7) is 5.05. The van der Waals surface area contributed by atoms with Crippen LogP contribution in [-0.2, 0) is 11.3 Å². The van der Waals surface area contributed by atoms with E-state index in [0.717, 1.165) is 10.2 Å². The number of aromatic nitrogens is 2. The summed E-state index contributed by atoms with van der Waals surface area (Å²) >= 11 is 0. The lowest BCUT2D eigenvalue weighted by molar-refractivity contribution is -0.117. The fourth-order valence-electron chi connectivity index (χ4n) is 3.21. The molecule has 0 unspecified atom stereocenters. The van der Waals surface area contributed by atoms with Crippen LogP contribution in [0.4, 0.5) is 5.69 Å². The number of rotatable bonds is 5. The van der Waals surface area contributed by atoms with Crippen molar-refractivity contribution in [3.05, 3.63) is 70.5 Å². The minimum atomic E-state index is -0.346. The van der Waals surface area contributed by atoms with Crippen molar-refractivity contribution in [3.8, 4) is 22.8 Å². The predicted molar refractivity (Wildman–Crippen MR) is 114 cm³/mol. The van der Waals surface area contributed by atoms with E-state index in [2.05, 4.69) is 24.3 Å². The number of fused-ring (bicyclic) bond motifs is 1. The Morgan fingerprint density at radius 3 is 2.50 bits per heavy atom. The highest BCUT2D eigenvalue weighted by Gasteiger charge is 2.14. The van der Waals surface area contributed by atoms with Crippen LogP contribution < -0.4 is 20.3 Å². The summed E-state index contributed by atoms with van der Waals surface area (Å²) in [5, 5.41) is 7.17. The Bertz CT molecular complexity index is 1120. The lowest BCUT2D eigenvalue weighted by Crippen LogP contribution is -2.29. The third kappa shape index (κ3) is 4.35. The maximum absolute atomic E-state index is 12.4. The van der Waals surface area contributed by atoms with E-state index in [4.69, 9.17) is 9.47 Å². The van der Waals surface area contributed by atoms with E-state index in [1.165, 1.54) is 11.6 Å². The molecular formula is C23H23N3O4. The SMILES string of the molecule is CC(C)c1ccc(NC(=O)Cn2nc(-c3ccc4c(c3)OCCO4)ccc2=O)cc1. The second-order valence-electron chi connectivity index (χ2n) is 7.40. The maximum Gasteiger partial charge on any atom is 0.267 e. The molecule has 2 heterocycles. The molecule has 1 N–H and O–H groups in total. The summed E-state index contributed by atoms with van der Waals surface area (Å²) in [7, 11) is 0. The van der Waals surface area contributed by atoms with Gasteiger partial charge in [-0.15, -0.1) is 0 Å². The third-order valence-electron chi connectivity index (χ3n) is 4.86. The van der Waals surface area contributed by atoms with E-state index in [-0.39, 0.29) is 18.0 Å². The second kappa shape index (κ2) is 8.41. The highest BCUT2D eigenvalue weighted by molar-refractivity contribution is 5.90. The molecule has 1 aliphatic rings. The summed E-state index contributed by atoms with van der Waals surface area (Å²) in [5.41, 5.74) is 2.87. The van der Waals surface area contributed by atoms with Gasteiger partial charge in [0.2, 0.25) is 5.91 Å². The molecule has 1 aromatic heterocycles. The first-order valence-electron chi connectivity index (χ1n) is 9.87. The topological polar surface area (TPSA) is 82.5 Å². The van der Waals surface area contributed by atoms with Crippen LogP contribution in [0.25, 0.3) is 11.3 Å². The number of nitrogens with zero attached hydrogens (tertiary/aromatic N) is 2. The van der Waals surface area contributed by atoms with E-state index < -0.39 is 0 Å². The van der Waals surface area contributed by atoms with Gasteiger partial charge in [0.05, 0.1) is 5.69 Å².